The van der Waals surface area contributed by atoms with E-state index in [-0.39, 0.29) is 5.91 Å². The Labute approximate surface area is 149 Å². The molecule has 25 heavy (non-hydrogen) atoms. The smallest absolute Gasteiger partial charge is 0.280 e. The first-order chi connectivity index (χ1) is 11.9. The number of carbonyl (C=O) groups is 1. The summed E-state index contributed by atoms with van der Waals surface area (Å²) in [6.45, 7) is 10.1. The lowest BCUT2D eigenvalue weighted by Crippen LogP contribution is -2.33. The van der Waals surface area contributed by atoms with Gasteiger partial charge in [0, 0.05) is 0 Å². The van der Waals surface area contributed by atoms with E-state index >= 15 is 0 Å². The molecule has 0 saturated heterocycles. The second-order valence-corrected chi connectivity index (χ2v) is 6.56. The van der Waals surface area contributed by atoms with Gasteiger partial charge in [-0.2, -0.15) is 5.10 Å². The van der Waals surface area contributed by atoms with Crippen LogP contribution in [0.4, 0.5) is 0 Å². The maximum atomic E-state index is 12.1. The Morgan fingerprint density at radius 2 is 1.72 bits per heavy atom. The number of benzene rings is 2. The van der Waals surface area contributed by atoms with E-state index in [1.807, 2.05) is 44.2 Å². The van der Waals surface area contributed by atoms with Gasteiger partial charge in [0.15, 0.2) is 6.10 Å². The molecule has 0 fully saturated rings. The minimum absolute atomic E-state index is 0.284. The molecular formula is C21H26N2O2. The third kappa shape index (κ3) is 5.45. The van der Waals surface area contributed by atoms with Crippen molar-refractivity contribution in [3.05, 3.63) is 64.7 Å². The second kappa shape index (κ2) is 8.47. The minimum Gasteiger partial charge on any atom is -0.481 e. The average molecular weight is 338 g/mol. The summed E-state index contributed by atoms with van der Waals surface area (Å²) >= 11 is 0. The number of carbonyl (C=O) groups excluding carboxylic acids is 1. The van der Waals surface area contributed by atoms with Crippen LogP contribution in [-0.2, 0) is 4.79 Å². The fourth-order valence-electron chi connectivity index (χ4n) is 2.27. The summed E-state index contributed by atoms with van der Waals surface area (Å²) in [5.74, 6) is 0.890. The Balaban J connectivity index is 1.89. The summed E-state index contributed by atoms with van der Waals surface area (Å²) in [6, 6.07) is 13.9. The zero-order chi connectivity index (χ0) is 18.4. The first-order valence-electron chi connectivity index (χ1n) is 8.53. The van der Waals surface area contributed by atoms with E-state index in [0.29, 0.717) is 11.7 Å². The minimum atomic E-state index is -0.623. The summed E-state index contributed by atoms with van der Waals surface area (Å²) in [5, 5.41) is 4.01. The van der Waals surface area contributed by atoms with E-state index in [9.17, 15) is 4.79 Å². The van der Waals surface area contributed by atoms with Crippen LogP contribution in [0.15, 0.2) is 47.6 Å². The summed E-state index contributed by atoms with van der Waals surface area (Å²) in [7, 11) is 0. The van der Waals surface area contributed by atoms with E-state index in [1.54, 1.807) is 13.1 Å². The molecule has 1 atom stereocenters. The van der Waals surface area contributed by atoms with Crippen molar-refractivity contribution < 1.29 is 9.53 Å². The molecule has 2 aromatic rings. The summed E-state index contributed by atoms with van der Waals surface area (Å²) in [5.41, 5.74) is 7.06. The lowest BCUT2D eigenvalue weighted by atomic mass is 10.0. The van der Waals surface area contributed by atoms with Gasteiger partial charge in [0.25, 0.3) is 5.91 Å². The van der Waals surface area contributed by atoms with E-state index in [0.717, 1.165) is 11.1 Å². The molecule has 1 N–H and O–H groups in total. The Morgan fingerprint density at radius 3 is 2.32 bits per heavy atom. The molecule has 0 heterocycles. The van der Waals surface area contributed by atoms with Crippen molar-refractivity contribution in [2.75, 3.05) is 0 Å². The Morgan fingerprint density at radius 1 is 1.04 bits per heavy atom. The first kappa shape index (κ1) is 18.7. The zero-order valence-corrected chi connectivity index (χ0v) is 15.5. The molecule has 2 aromatic carbocycles. The molecule has 132 valence electrons. The lowest BCUT2D eigenvalue weighted by Gasteiger charge is -2.14. The van der Waals surface area contributed by atoms with Crippen molar-refractivity contribution in [3.63, 3.8) is 0 Å². The molecule has 0 aliphatic rings. The fraction of sp³-hybridized carbons (Fsp3) is 0.333. The standard InChI is InChI=1S/C21H26N2O2/c1-14(2)19-9-7-18(8-10-19)13-22-23-21(24)17(5)25-20-11-6-15(3)16(4)12-20/h6-14,17H,1-5H3,(H,23,24)/b22-13+. The van der Waals surface area contributed by atoms with Crippen LogP contribution in [0.3, 0.4) is 0 Å². The Bertz CT molecular complexity index is 749. The van der Waals surface area contributed by atoms with Crippen LogP contribution in [-0.4, -0.2) is 18.2 Å². The van der Waals surface area contributed by atoms with Gasteiger partial charge in [0.2, 0.25) is 0 Å². The predicted molar refractivity (Wildman–Crippen MR) is 102 cm³/mol. The number of hydrazone groups is 1. The van der Waals surface area contributed by atoms with Gasteiger partial charge >= 0.3 is 0 Å². The molecule has 4 heteroatoms. The topological polar surface area (TPSA) is 50.7 Å². The largest absolute Gasteiger partial charge is 0.481 e. The SMILES string of the molecule is Cc1ccc(OC(C)C(=O)N/N=C/c2ccc(C(C)C)cc2)cc1C. The Hall–Kier alpha value is -2.62. The highest BCUT2D eigenvalue weighted by Crippen LogP contribution is 2.17. The van der Waals surface area contributed by atoms with Crippen LogP contribution in [0, 0.1) is 13.8 Å². The number of nitrogens with zero attached hydrogens (tertiary/aromatic N) is 1. The maximum absolute atomic E-state index is 12.1. The normalized spacial score (nSPS) is 12.4. The zero-order valence-electron chi connectivity index (χ0n) is 15.5. The van der Waals surface area contributed by atoms with Crippen molar-refractivity contribution >= 4 is 12.1 Å². The van der Waals surface area contributed by atoms with E-state index < -0.39 is 6.10 Å². The highest BCUT2D eigenvalue weighted by atomic mass is 16.5. The van der Waals surface area contributed by atoms with Gasteiger partial charge in [0.05, 0.1) is 6.21 Å². The molecule has 0 radical (unpaired) electrons. The van der Waals surface area contributed by atoms with Crippen LogP contribution in [0.1, 0.15) is 48.9 Å². The molecule has 1 unspecified atom stereocenters. The van der Waals surface area contributed by atoms with Crippen molar-refractivity contribution in [1.29, 1.82) is 0 Å². The third-order valence-corrected chi connectivity index (χ3v) is 4.15. The number of nitrogens with one attached hydrogen (secondary N) is 1. The molecule has 2 rings (SSSR count). The predicted octanol–water partition coefficient (Wildman–Crippen LogP) is 4.34. The molecule has 1 amide bonds. The van der Waals surface area contributed by atoms with Gasteiger partial charge < -0.3 is 4.74 Å². The first-order valence-corrected chi connectivity index (χ1v) is 8.53. The number of rotatable bonds is 6. The molecule has 4 nitrogen and oxygen atoms in total. The van der Waals surface area contributed by atoms with Crippen LogP contribution in [0.2, 0.25) is 0 Å². The van der Waals surface area contributed by atoms with Crippen LogP contribution < -0.4 is 10.2 Å². The number of ether oxygens (including phenoxy) is 1. The second-order valence-electron chi connectivity index (χ2n) is 6.56. The van der Waals surface area contributed by atoms with Gasteiger partial charge in [0.1, 0.15) is 5.75 Å². The van der Waals surface area contributed by atoms with E-state index in [1.165, 1.54) is 11.1 Å². The lowest BCUT2D eigenvalue weighted by molar-refractivity contribution is -0.127. The van der Waals surface area contributed by atoms with Crippen molar-refractivity contribution in [1.82, 2.24) is 5.43 Å². The van der Waals surface area contributed by atoms with Crippen molar-refractivity contribution in [2.45, 2.75) is 46.6 Å². The number of aryl methyl sites for hydroxylation is 2. The average Bonchev–Trinajstić information content (AvgIpc) is 2.58. The van der Waals surface area contributed by atoms with Gasteiger partial charge in [-0.15, -0.1) is 0 Å². The van der Waals surface area contributed by atoms with Crippen LogP contribution >= 0.6 is 0 Å². The van der Waals surface area contributed by atoms with Crippen LogP contribution in [0.25, 0.3) is 0 Å². The summed E-state index contributed by atoms with van der Waals surface area (Å²) in [4.78, 5) is 12.1. The van der Waals surface area contributed by atoms with Crippen LogP contribution in [0.5, 0.6) is 5.75 Å². The molecule has 0 aliphatic carbocycles. The van der Waals surface area contributed by atoms with Crippen molar-refractivity contribution in [3.8, 4) is 5.75 Å². The van der Waals surface area contributed by atoms with Crippen molar-refractivity contribution in [2.24, 2.45) is 5.10 Å². The third-order valence-electron chi connectivity index (χ3n) is 4.15. The van der Waals surface area contributed by atoms with Gasteiger partial charge in [-0.05, 0) is 61.1 Å². The maximum Gasteiger partial charge on any atom is 0.280 e. The highest BCUT2D eigenvalue weighted by Gasteiger charge is 2.14. The number of amides is 1. The van der Waals surface area contributed by atoms with E-state index in [2.05, 4.69) is 36.5 Å². The fourth-order valence-corrected chi connectivity index (χ4v) is 2.27. The summed E-state index contributed by atoms with van der Waals surface area (Å²) in [6.07, 6.45) is 1.01. The van der Waals surface area contributed by atoms with Gasteiger partial charge in [-0.3, -0.25) is 4.79 Å². The van der Waals surface area contributed by atoms with E-state index in [4.69, 9.17) is 4.74 Å². The van der Waals surface area contributed by atoms with Gasteiger partial charge in [-0.1, -0.05) is 44.2 Å². The molecule has 0 aliphatic heterocycles. The molecule has 0 aromatic heterocycles. The highest BCUT2D eigenvalue weighted by molar-refractivity contribution is 5.84. The number of hydrogen-bond acceptors (Lipinski definition) is 3. The van der Waals surface area contributed by atoms with Gasteiger partial charge in [-0.25, -0.2) is 5.43 Å². The molecular weight excluding hydrogens is 312 g/mol. The quantitative estimate of drug-likeness (QED) is 0.629. The molecule has 0 saturated carbocycles. The monoisotopic (exact) mass is 338 g/mol. The summed E-state index contributed by atoms with van der Waals surface area (Å²) < 4.78 is 5.67. The molecule has 0 bridgehead atoms. The molecule has 0 spiro atoms. The number of hydrogen-bond donors (Lipinski definition) is 1. The Kier molecular flexibility index (Phi) is 6.34.